The first-order valence-electron chi connectivity index (χ1n) is 8.80. The van der Waals surface area contributed by atoms with E-state index in [-0.39, 0.29) is 5.97 Å². The van der Waals surface area contributed by atoms with E-state index in [4.69, 9.17) is 15.2 Å². The van der Waals surface area contributed by atoms with Crippen molar-refractivity contribution in [1.29, 1.82) is 0 Å². The van der Waals surface area contributed by atoms with Gasteiger partial charge in [0, 0.05) is 18.9 Å². The Morgan fingerprint density at radius 1 is 1.04 bits per heavy atom. The fourth-order valence-electron chi connectivity index (χ4n) is 2.03. The number of halogens is 2. The Bertz CT molecular complexity index is 787. The van der Waals surface area contributed by atoms with Crippen molar-refractivity contribution in [2.24, 2.45) is 5.92 Å². The molecule has 0 spiro atoms. The number of hydrogen-bond acceptors (Lipinski definition) is 6. The van der Waals surface area contributed by atoms with Gasteiger partial charge >= 0.3 is 11.9 Å². The standard InChI is InChI=1S/C11H17BrN2O2.C7H9BrN2O2/c1-4-16-11(15)10-9(8(12)6-14-10)13-5-7(2)3;1-2-12-7(11)6-5(9)4(8)3-10-6/h6-7,13-14H,4-5H2,1-3H3;3,10H,2,9H2,1H3. The summed E-state index contributed by atoms with van der Waals surface area (Å²) in [5.41, 5.74) is 7.47. The number of carbonyl (C=O) groups is 2. The van der Waals surface area contributed by atoms with Crippen LogP contribution in [-0.2, 0) is 9.47 Å². The minimum atomic E-state index is -0.430. The van der Waals surface area contributed by atoms with Crippen molar-refractivity contribution in [3.05, 3.63) is 32.7 Å². The molecule has 28 heavy (non-hydrogen) atoms. The zero-order valence-electron chi connectivity index (χ0n) is 16.3. The van der Waals surface area contributed by atoms with Crippen LogP contribution in [0.3, 0.4) is 0 Å². The highest BCUT2D eigenvalue weighted by Crippen LogP contribution is 2.27. The molecular formula is C18H26Br2N4O4. The van der Waals surface area contributed by atoms with E-state index in [1.807, 2.05) is 0 Å². The zero-order chi connectivity index (χ0) is 21.3. The third-order valence-electron chi connectivity index (χ3n) is 3.35. The second-order valence-electron chi connectivity index (χ2n) is 6.03. The summed E-state index contributed by atoms with van der Waals surface area (Å²) in [4.78, 5) is 28.3. The summed E-state index contributed by atoms with van der Waals surface area (Å²) < 4.78 is 11.2. The van der Waals surface area contributed by atoms with Crippen molar-refractivity contribution < 1.29 is 19.1 Å². The van der Waals surface area contributed by atoms with Gasteiger partial charge in [-0.3, -0.25) is 0 Å². The van der Waals surface area contributed by atoms with E-state index in [1.165, 1.54) is 0 Å². The zero-order valence-corrected chi connectivity index (χ0v) is 19.5. The summed E-state index contributed by atoms with van der Waals surface area (Å²) in [7, 11) is 0. The molecule has 10 heteroatoms. The van der Waals surface area contributed by atoms with Crippen molar-refractivity contribution in [3.8, 4) is 0 Å². The van der Waals surface area contributed by atoms with Crippen molar-refractivity contribution in [1.82, 2.24) is 9.97 Å². The third-order valence-corrected chi connectivity index (χ3v) is 4.63. The number of H-pyrrole nitrogens is 2. The number of rotatable bonds is 7. The third kappa shape index (κ3) is 6.90. The number of nitrogens with one attached hydrogen (secondary N) is 3. The first-order chi connectivity index (χ1) is 13.2. The average Bonchev–Trinajstić information content (AvgIpc) is 3.17. The average molecular weight is 522 g/mol. The molecule has 0 aliphatic rings. The molecule has 156 valence electrons. The first-order valence-corrected chi connectivity index (χ1v) is 10.4. The largest absolute Gasteiger partial charge is 0.461 e. The van der Waals surface area contributed by atoms with E-state index in [1.54, 1.807) is 26.2 Å². The fraction of sp³-hybridized carbons (Fsp3) is 0.444. The Morgan fingerprint density at radius 2 is 1.54 bits per heavy atom. The van der Waals surface area contributed by atoms with Gasteiger partial charge in [-0.1, -0.05) is 13.8 Å². The quantitative estimate of drug-likeness (QED) is 0.396. The number of aromatic nitrogens is 2. The number of anilines is 2. The molecule has 0 bridgehead atoms. The summed E-state index contributed by atoms with van der Waals surface area (Å²) in [6.45, 7) is 9.27. The highest BCUT2D eigenvalue weighted by atomic mass is 79.9. The van der Waals surface area contributed by atoms with Crippen molar-refractivity contribution >= 4 is 55.2 Å². The van der Waals surface area contributed by atoms with Gasteiger partial charge in [0.2, 0.25) is 0 Å². The van der Waals surface area contributed by atoms with E-state index < -0.39 is 5.97 Å². The lowest BCUT2D eigenvalue weighted by Crippen LogP contribution is -2.13. The molecule has 2 rings (SSSR count). The van der Waals surface area contributed by atoms with E-state index in [0.29, 0.717) is 40.7 Å². The van der Waals surface area contributed by atoms with Gasteiger partial charge in [-0.25, -0.2) is 9.59 Å². The van der Waals surface area contributed by atoms with Crippen LogP contribution >= 0.6 is 31.9 Å². The molecule has 0 saturated carbocycles. The normalized spacial score (nSPS) is 10.2. The van der Waals surface area contributed by atoms with Gasteiger partial charge in [-0.05, 0) is 51.6 Å². The number of nitrogen functional groups attached to an aromatic ring is 1. The lowest BCUT2D eigenvalue weighted by Gasteiger charge is -2.10. The molecular weight excluding hydrogens is 496 g/mol. The molecule has 2 heterocycles. The Kier molecular flexibility index (Phi) is 10.2. The maximum absolute atomic E-state index is 11.6. The van der Waals surface area contributed by atoms with Crippen LogP contribution in [0.5, 0.6) is 0 Å². The van der Waals surface area contributed by atoms with Crippen LogP contribution in [0.4, 0.5) is 11.4 Å². The van der Waals surface area contributed by atoms with Gasteiger partial charge in [0.15, 0.2) is 0 Å². The molecule has 0 aliphatic carbocycles. The SMILES string of the molecule is CCOC(=O)c1[nH]cc(Br)c1N.CCOC(=O)c1[nH]cc(Br)c1NCC(C)C. The van der Waals surface area contributed by atoms with Gasteiger partial charge in [0.1, 0.15) is 11.4 Å². The molecule has 0 atom stereocenters. The van der Waals surface area contributed by atoms with E-state index in [2.05, 4.69) is 61.0 Å². The van der Waals surface area contributed by atoms with Crippen molar-refractivity contribution in [3.63, 3.8) is 0 Å². The highest BCUT2D eigenvalue weighted by molar-refractivity contribution is 9.11. The Labute approximate surface area is 181 Å². The van der Waals surface area contributed by atoms with Crippen LogP contribution in [0.25, 0.3) is 0 Å². The van der Waals surface area contributed by atoms with Gasteiger partial charge in [-0.2, -0.15) is 0 Å². The van der Waals surface area contributed by atoms with Crippen LogP contribution in [-0.4, -0.2) is 41.7 Å². The summed E-state index contributed by atoms with van der Waals surface area (Å²) >= 11 is 6.56. The molecule has 5 N–H and O–H groups in total. The smallest absolute Gasteiger partial charge is 0.356 e. The van der Waals surface area contributed by atoms with Crippen LogP contribution < -0.4 is 11.1 Å². The second kappa shape index (κ2) is 11.8. The molecule has 0 saturated heterocycles. The molecule has 0 radical (unpaired) electrons. The monoisotopic (exact) mass is 520 g/mol. The summed E-state index contributed by atoms with van der Waals surface area (Å²) in [5.74, 6) is -0.253. The van der Waals surface area contributed by atoms with Crippen LogP contribution in [0.15, 0.2) is 21.3 Å². The van der Waals surface area contributed by atoms with Crippen LogP contribution in [0.1, 0.15) is 48.7 Å². The number of aromatic amines is 2. The van der Waals surface area contributed by atoms with Crippen LogP contribution in [0, 0.1) is 5.92 Å². The minimum Gasteiger partial charge on any atom is -0.461 e. The molecule has 0 fully saturated rings. The molecule has 2 aromatic heterocycles. The molecule has 0 unspecified atom stereocenters. The number of ether oxygens (including phenoxy) is 2. The summed E-state index contributed by atoms with van der Waals surface area (Å²) in [5, 5.41) is 3.22. The van der Waals surface area contributed by atoms with Gasteiger partial charge in [-0.15, -0.1) is 0 Å². The van der Waals surface area contributed by atoms with E-state index >= 15 is 0 Å². The Morgan fingerprint density at radius 3 is 2.00 bits per heavy atom. The fourth-order valence-corrected chi connectivity index (χ4v) is 2.79. The maximum atomic E-state index is 11.6. The van der Waals surface area contributed by atoms with Gasteiger partial charge < -0.3 is 30.5 Å². The van der Waals surface area contributed by atoms with E-state index in [9.17, 15) is 9.59 Å². The number of hydrogen-bond donors (Lipinski definition) is 4. The first kappa shape index (κ1) is 24.1. The van der Waals surface area contributed by atoms with Crippen LogP contribution in [0.2, 0.25) is 0 Å². The van der Waals surface area contributed by atoms with Gasteiger partial charge in [0.05, 0.1) is 33.5 Å². The second-order valence-corrected chi connectivity index (χ2v) is 7.74. The summed E-state index contributed by atoms with van der Waals surface area (Å²) in [6, 6.07) is 0. The number of carbonyl (C=O) groups excluding carboxylic acids is 2. The Balaban J connectivity index is 0.000000292. The van der Waals surface area contributed by atoms with E-state index in [0.717, 1.165) is 16.7 Å². The topological polar surface area (TPSA) is 122 Å². The lowest BCUT2D eigenvalue weighted by atomic mass is 10.2. The van der Waals surface area contributed by atoms with Crippen molar-refractivity contribution in [2.75, 3.05) is 30.8 Å². The Hall–Kier alpha value is -1.94. The predicted molar refractivity (Wildman–Crippen MR) is 117 cm³/mol. The molecule has 0 aromatic carbocycles. The number of nitrogens with two attached hydrogens (primary N) is 1. The summed E-state index contributed by atoms with van der Waals surface area (Å²) in [6.07, 6.45) is 3.33. The highest BCUT2D eigenvalue weighted by Gasteiger charge is 2.17. The maximum Gasteiger partial charge on any atom is 0.356 e. The lowest BCUT2D eigenvalue weighted by molar-refractivity contribution is 0.0512. The molecule has 2 aromatic rings. The molecule has 8 nitrogen and oxygen atoms in total. The van der Waals surface area contributed by atoms with Crippen molar-refractivity contribution in [2.45, 2.75) is 27.7 Å². The predicted octanol–water partition coefficient (Wildman–Crippen LogP) is 4.56. The minimum absolute atomic E-state index is 0.295. The molecule has 0 aliphatic heterocycles. The van der Waals surface area contributed by atoms with Gasteiger partial charge in [0.25, 0.3) is 0 Å². The number of esters is 2. The molecule has 0 amide bonds.